The second kappa shape index (κ2) is 10.9. The number of nitrogens with zero attached hydrogens (tertiary/aromatic N) is 4. The Hall–Kier alpha value is -3.91. The van der Waals surface area contributed by atoms with Gasteiger partial charge in [-0.3, -0.25) is 14.5 Å². The molecule has 6 rings (SSSR count). The van der Waals surface area contributed by atoms with Gasteiger partial charge in [0.25, 0.3) is 0 Å². The molecular weight excluding hydrogens is 523 g/mol. The number of anilines is 1. The van der Waals surface area contributed by atoms with Gasteiger partial charge in [-0.2, -0.15) is 5.10 Å². The van der Waals surface area contributed by atoms with Crippen LogP contribution in [0.25, 0.3) is 16.9 Å². The second-order valence-corrected chi connectivity index (χ2v) is 11.5. The van der Waals surface area contributed by atoms with Crippen molar-refractivity contribution in [3.05, 3.63) is 101 Å². The van der Waals surface area contributed by atoms with Gasteiger partial charge in [0.15, 0.2) is 0 Å². The van der Waals surface area contributed by atoms with Crippen LogP contribution in [0, 0.1) is 19.7 Å². The molecule has 1 saturated heterocycles. The lowest BCUT2D eigenvalue weighted by atomic mass is 9.99. The number of thioether (sulfide) groups is 1. The SMILES string of the molecule is Cc1cccc(-n2nc(-c3ccccc3)c3c2N(CC(=O)N2CCCC2)C(=O)CS[C@H]3c2cccc(F)c2)c1C. The van der Waals surface area contributed by atoms with E-state index in [1.807, 2.05) is 78.0 Å². The molecule has 40 heavy (non-hydrogen) atoms. The van der Waals surface area contributed by atoms with Gasteiger partial charge in [-0.1, -0.05) is 54.6 Å². The summed E-state index contributed by atoms with van der Waals surface area (Å²) in [6, 6.07) is 22.4. The van der Waals surface area contributed by atoms with Crippen LogP contribution in [0.2, 0.25) is 0 Å². The highest BCUT2D eigenvalue weighted by Crippen LogP contribution is 2.48. The fraction of sp³-hybridized carbons (Fsp3) is 0.281. The number of fused-ring (bicyclic) bond motifs is 1. The Bertz CT molecular complexity index is 1580. The van der Waals surface area contributed by atoms with Crippen molar-refractivity contribution >= 4 is 29.4 Å². The predicted molar refractivity (Wildman–Crippen MR) is 157 cm³/mol. The molecule has 8 heteroatoms. The van der Waals surface area contributed by atoms with Crippen LogP contribution in [0.4, 0.5) is 10.2 Å². The number of hydrogen-bond donors (Lipinski definition) is 0. The summed E-state index contributed by atoms with van der Waals surface area (Å²) >= 11 is 1.45. The maximum absolute atomic E-state index is 14.5. The third kappa shape index (κ3) is 4.81. The van der Waals surface area contributed by atoms with Crippen LogP contribution in [0.1, 0.15) is 40.3 Å². The van der Waals surface area contributed by atoms with Gasteiger partial charge < -0.3 is 4.90 Å². The standard InChI is InChI=1S/C32H31FN4O2S/c1-21-10-8-15-26(22(21)2)37-32-29(30(34-37)23-11-4-3-5-12-23)31(24-13-9-14-25(33)18-24)40-20-28(39)36(32)19-27(38)35-16-6-7-17-35/h3-5,8-15,18,31H,6-7,16-17,19-20H2,1-2H3/t31-/m0/s1. The van der Waals surface area contributed by atoms with E-state index in [0.29, 0.717) is 24.6 Å². The number of carbonyl (C=O) groups excluding carboxylic acids is 2. The second-order valence-electron chi connectivity index (χ2n) is 10.4. The Kier molecular flexibility index (Phi) is 7.19. The summed E-state index contributed by atoms with van der Waals surface area (Å²) in [5.74, 6) is 0.165. The van der Waals surface area contributed by atoms with Crippen LogP contribution in [0.3, 0.4) is 0 Å². The van der Waals surface area contributed by atoms with Crippen LogP contribution >= 0.6 is 11.8 Å². The molecule has 6 nitrogen and oxygen atoms in total. The molecule has 0 bridgehead atoms. The van der Waals surface area contributed by atoms with Gasteiger partial charge in [-0.05, 0) is 61.6 Å². The Labute approximate surface area is 237 Å². The lowest BCUT2D eigenvalue weighted by Crippen LogP contribution is -2.43. The van der Waals surface area contributed by atoms with Gasteiger partial charge in [0, 0.05) is 24.2 Å². The van der Waals surface area contributed by atoms with E-state index in [-0.39, 0.29) is 35.2 Å². The fourth-order valence-electron chi connectivity index (χ4n) is 5.60. The van der Waals surface area contributed by atoms with Crippen molar-refractivity contribution in [1.82, 2.24) is 14.7 Å². The minimum absolute atomic E-state index is 0.0624. The number of hydrogen-bond acceptors (Lipinski definition) is 4. The van der Waals surface area contributed by atoms with E-state index in [2.05, 4.69) is 0 Å². The van der Waals surface area contributed by atoms with Gasteiger partial charge in [0.2, 0.25) is 11.8 Å². The Morgan fingerprint density at radius 1 is 1.00 bits per heavy atom. The number of rotatable bonds is 5. The first-order valence-electron chi connectivity index (χ1n) is 13.6. The zero-order valence-electron chi connectivity index (χ0n) is 22.6. The lowest BCUT2D eigenvalue weighted by molar-refractivity contribution is -0.130. The Morgan fingerprint density at radius 3 is 2.50 bits per heavy atom. The van der Waals surface area contributed by atoms with E-state index in [0.717, 1.165) is 46.3 Å². The van der Waals surface area contributed by atoms with Gasteiger partial charge in [-0.15, -0.1) is 11.8 Å². The van der Waals surface area contributed by atoms with Crippen LogP contribution in [-0.4, -0.2) is 51.9 Å². The maximum Gasteiger partial charge on any atom is 0.242 e. The summed E-state index contributed by atoms with van der Waals surface area (Å²) in [4.78, 5) is 30.8. The maximum atomic E-state index is 14.5. The number of likely N-dealkylation sites (tertiary alicyclic amines) is 1. The summed E-state index contributed by atoms with van der Waals surface area (Å²) in [6.07, 6.45) is 1.95. The van der Waals surface area contributed by atoms with E-state index >= 15 is 0 Å². The quantitative estimate of drug-likeness (QED) is 0.300. The zero-order valence-corrected chi connectivity index (χ0v) is 23.5. The van der Waals surface area contributed by atoms with Crippen molar-refractivity contribution < 1.29 is 14.0 Å². The number of amides is 2. The summed E-state index contributed by atoms with van der Waals surface area (Å²) < 4.78 is 16.4. The van der Waals surface area contributed by atoms with Crippen molar-refractivity contribution in [1.29, 1.82) is 0 Å². The first kappa shape index (κ1) is 26.3. The number of benzene rings is 3. The molecule has 2 aliphatic rings. The molecule has 1 atom stereocenters. The molecule has 204 valence electrons. The molecule has 0 spiro atoms. The van der Waals surface area contributed by atoms with Crippen LogP contribution in [0.15, 0.2) is 72.8 Å². The van der Waals surface area contributed by atoms with Crippen LogP contribution < -0.4 is 4.90 Å². The molecule has 1 fully saturated rings. The first-order valence-corrected chi connectivity index (χ1v) is 14.7. The van der Waals surface area contributed by atoms with E-state index in [4.69, 9.17) is 5.10 Å². The summed E-state index contributed by atoms with van der Waals surface area (Å²) in [5.41, 5.74) is 6.14. The van der Waals surface area contributed by atoms with Crippen LogP contribution in [-0.2, 0) is 9.59 Å². The predicted octanol–water partition coefficient (Wildman–Crippen LogP) is 6.09. The third-order valence-corrected chi connectivity index (χ3v) is 9.10. The van der Waals surface area contributed by atoms with Gasteiger partial charge in [-0.25, -0.2) is 9.07 Å². The smallest absolute Gasteiger partial charge is 0.242 e. The number of aryl methyl sites for hydroxylation is 1. The fourth-order valence-corrected chi connectivity index (χ4v) is 6.78. The van der Waals surface area contributed by atoms with Gasteiger partial charge in [0.1, 0.15) is 18.2 Å². The molecule has 3 heterocycles. The van der Waals surface area contributed by atoms with E-state index in [1.165, 1.54) is 23.9 Å². The number of aromatic nitrogens is 2. The topological polar surface area (TPSA) is 58.4 Å². The Balaban J connectivity index is 1.63. The molecule has 0 aliphatic carbocycles. The van der Waals surface area contributed by atoms with Crippen molar-refractivity contribution in [3.63, 3.8) is 0 Å². The first-order chi connectivity index (χ1) is 19.4. The molecule has 2 amide bonds. The molecular formula is C32H31FN4O2S. The summed E-state index contributed by atoms with van der Waals surface area (Å²) in [7, 11) is 0. The summed E-state index contributed by atoms with van der Waals surface area (Å²) in [6.45, 7) is 5.44. The van der Waals surface area contributed by atoms with E-state index < -0.39 is 0 Å². The average Bonchev–Trinajstić information content (AvgIpc) is 3.60. The minimum atomic E-state index is -0.365. The number of carbonyl (C=O) groups is 2. The van der Waals surface area contributed by atoms with Crippen molar-refractivity contribution in [2.24, 2.45) is 0 Å². The number of halogens is 1. The van der Waals surface area contributed by atoms with Gasteiger partial charge in [0.05, 0.1) is 22.4 Å². The van der Waals surface area contributed by atoms with E-state index in [9.17, 15) is 14.0 Å². The normalized spacial score (nSPS) is 17.2. The highest BCUT2D eigenvalue weighted by atomic mass is 32.2. The molecule has 1 aromatic heterocycles. The van der Waals surface area contributed by atoms with E-state index in [1.54, 1.807) is 11.0 Å². The third-order valence-electron chi connectivity index (χ3n) is 7.84. The van der Waals surface area contributed by atoms with Crippen molar-refractivity contribution in [2.45, 2.75) is 31.9 Å². The highest BCUT2D eigenvalue weighted by molar-refractivity contribution is 8.00. The summed E-state index contributed by atoms with van der Waals surface area (Å²) in [5, 5.41) is 4.79. The largest absolute Gasteiger partial charge is 0.341 e. The molecule has 0 N–H and O–H groups in total. The Morgan fingerprint density at radius 2 is 1.75 bits per heavy atom. The molecule has 0 radical (unpaired) electrons. The van der Waals surface area contributed by atoms with Gasteiger partial charge >= 0.3 is 0 Å². The van der Waals surface area contributed by atoms with Crippen molar-refractivity contribution in [3.8, 4) is 16.9 Å². The highest BCUT2D eigenvalue weighted by Gasteiger charge is 2.38. The zero-order chi connectivity index (χ0) is 27.8. The molecule has 3 aromatic carbocycles. The average molecular weight is 555 g/mol. The minimum Gasteiger partial charge on any atom is -0.341 e. The molecule has 0 saturated carbocycles. The monoisotopic (exact) mass is 554 g/mol. The van der Waals surface area contributed by atoms with Crippen LogP contribution in [0.5, 0.6) is 0 Å². The molecule has 2 aliphatic heterocycles. The van der Waals surface area contributed by atoms with Crippen molar-refractivity contribution in [2.75, 3.05) is 30.3 Å². The lowest BCUT2D eigenvalue weighted by Gasteiger charge is -2.26. The molecule has 0 unspecified atom stereocenters. The molecule has 4 aromatic rings.